The lowest BCUT2D eigenvalue weighted by Crippen LogP contribution is -2.39. The summed E-state index contributed by atoms with van der Waals surface area (Å²) < 4.78 is 27.0. The Morgan fingerprint density at radius 3 is 2.82 bits per heavy atom. The summed E-state index contributed by atoms with van der Waals surface area (Å²) in [6.07, 6.45) is 4.76. The van der Waals surface area contributed by atoms with E-state index in [0.717, 1.165) is 18.5 Å². The number of hydrogen-bond donors (Lipinski definition) is 0. The maximum atomic E-state index is 12.1. The lowest BCUT2D eigenvalue weighted by atomic mass is 10.1. The van der Waals surface area contributed by atoms with Crippen LogP contribution in [0, 0.1) is 0 Å². The molecule has 1 fully saturated rings. The predicted molar refractivity (Wildman–Crippen MR) is 63.3 cm³/mol. The van der Waals surface area contributed by atoms with Gasteiger partial charge in [0.05, 0.1) is 11.7 Å². The first-order valence-electron chi connectivity index (χ1n) is 5.48. The number of nitrogens with zero attached hydrogens (tertiary/aromatic N) is 4. The first kappa shape index (κ1) is 12.4. The maximum Gasteiger partial charge on any atom is 0.282 e. The van der Waals surface area contributed by atoms with Crippen molar-refractivity contribution in [1.29, 1.82) is 0 Å². The van der Waals surface area contributed by atoms with E-state index in [0.29, 0.717) is 6.54 Å². The van der Waals surface area contributed by atoms with Crippen molar-refractivity contribution < 1.29 is 8.42 Å². The molecule has 0 aliphatic carbocycles. The van der Waals surface area contributed by atoms with Crippen LogP contribution in [0.4, 0.5) is 0 Å². The van der Waals surface area contributed by atoms with Gasteiger partial charge in [-0.1, -0.05) is 0 Å². The van der Waals surface area contributed by atoms with Crippen LogP contribution in [0.25, 0.3) is 0 Å². The number of hydrogen-bond acceptors (Lipinski definition) is 4. The fourth-order valence-electron chi connectivity index (χ4n) is 2.02. The Kier molecular flexibility index (Phi) is 3.41. The van der Waals surface area contributed by atoms with Gasteiger partial charge in [0, 0.05) is 26.8 Å². The van der Waals surface area contributed by atoms with Crippen molar-refractivity contribution in [3.8, 4) is 0 Å². The molecule has 6 nitrogen and oxygen atoms in total. The van der Waals surface area contributed by atoms with Crippen LogP contribution in [-0.2, 0) is 10.2 Å². The molecular formula is C10H16N4O2S. The Morgan fingerprint density at radius 2 is 2.24 bits per heavy atom. The molecule has 0 unspecified atom stereocenters. The Morgan fingerprint density at radius 1 is 1.47 bits per heavy atom. The van der Waals surface area contributed by atoms with E-state index in [1.165, 1.54) is 14.9 Å². The summed E-state index contributed by atoms with van der Waals surface area (Å²) >= 11 is 0. The molecule has 0 N–H and O–H groups in total. The van der Waals surface area contributed by atoms with Gasteiger partial charge in [-0.05, 0) is 18.9 Å². The van der Waals surface area contributed by atoms with Crippen molar-refractivity contribution >= 4 is 10.2 Å². The number of aromatic nitrogens is 2. The van der Waals surface area contributed by atoms with E-state index in [9.17, 15) is 8.42 Å². The fourth-order valence-corrected chi connectivity index (χ4v) is 3.33. The van der Waals surface area contributed by atoms with Crippen LogP contribution in [0.1, 0.15) is 24.6 Å². The van der Waals surface area contributed by atoms with Crippen LogP contribution in [-0.4, -0.2) is 47.6 Å². The molecule has 1 saturated heterocycles. The van der Waals surface area contributed by atoms with Crippen molar-refractivity contribution in [3.05, 3.63) is 24.3 Å². The normalized spacial score (nSPS) is 22.2. The molecule has 1 aliphatic rings. The molecule has 94 valence electrons. The average Bonchev–Trinajstić information content (AvgIpc) is 2.79. The monoisotopic (exact) mass is 256 g/mol. The highest BCUT2D eigenvalue weighted by Crippen LogP contribution is 2.33. The number of rotatable bonds is 3. The van der Waals surface area contributed by atoms with Gasteiger partial charge in [0.1, 0.15) is 6.33 Å². The van der Waals surface area contributed by atoms with E-state index in [2.05, 4.69) is 9.97 Å². The minimum Gasteiger partial charge on any atom is -0.245 e. The van der Waals surface area contributed by atoms with E-state index < -0.39 is 10.2 Å². The van der Waals surface area contributed by atoms with Crippen molar-refractivity contribution in [1.82, 2.24) is 18.6 Å². The Balaban J connectivity index is 2.31. The second kappa shape index (κ2) is 4.67. The lowest BCUT2D eigenvalue weighted by Gasteiger charge is -2.26. The van der Waals surface area contributed by atoms with Gasteiger partial charge in [0.25, 0.3) is 10.2 Å². The zero-order valence-corrected chi connectivity index (χ0v) is 10.8. The molecule has 0 aromatic carbocycles. The topological polar surface area (TPSA) is 66.4 Å². The van der Waals surface area contributed by atoms with Crippen molar-refractivity contribution in [2.45, 2.75) is 18.9 Å². The van der Waals surface area contributed by atoms with Crippen LogP contribution in [0.5, 0.6) is 0 Å². The van der Waals surface area contributed by atoms with Gasteiger partial charge in [-0.25, -0.2) is 9.97 Å². The highest BCUT2D eigenvalue weighted by molar-refractivity contribution is 7.86. The molecular weight excluding hydrogens is 240 g/mol. The minimum absolute atomic E-state index is 0.162. The van der Waals surface area contributed by atoms with Gasteiger partial charge in [-0.2, -0.15) is 17.0 Å². The molecule has 0 bridgehead atoms. The molecule has 1 aromatic heterocycles. The summed E-state index contributed by atoms with van der Waals surface area (Å²) in [5.41, 5.74) is 0.767. The SMILES string of the molecule is CN(C)S(=O)(=O)N1CCC[C@H]1c1ccncn1. The van der Waals surface area contributed by atoms with Gasteiger partial charge in [0.2, 0.25) is 0 Å². The molecule has 0 spiro atoms. The van der Waals surface area contributed by atoms with Crippen LogP contribution >= 0.6 is 0 Å². The first-order valence-corrected chi connectivity index (χ1v) is 6.88. The molecule has 2 heterocycles. The van der Waals surface area contributed by atoms with Crippen LogP contribution in [0.3, 0.4) is 0 Å². The molecule has 2 rings (SSSR count). The van der Waals surface area contributed by atoms with Gasteiger partial charge in [-0.3, -0.25) is 0 Å². The molecule has 1 aromatic rings. The summed E-state index contributed by atoms with van der Waals surface area (Å²) in [5.74, 6) is 0. The molecule has 1 aliphatic heterocycles. The Labute approximate surface area is 101 Å². The highest BCUT2D eigenvalue weighted by Gasteiger charge is 2.36. The van der Waals surface area contributed by atoms with Crippen LogP contribution in [0.15, 0.2) is 18.6 Å². The van der Waals surface area contributed by atoms with Crippen molar-refractivity contribution in [2.75, 3.05) is 20.6 Å². The highest BCUT2D eigenvalue weighted by atomic mass is 32.2. The summed E-state index contributed by atoms with van der Waals surface area (Å²) in [7, 11) is -0.275. The summed E-state index contributed by atoms with van der Waals surface area (Å²) in [4.78, 5) is 8.00. The van der Waals surface area contributed by atoms with E-state index in [1.807, 2.05) is 0 Å². The lowest BCUT2D eigenvalue weighted by molar-refractivity contribution is 0.358. The Hall–Kier alpha value is -1.05. The summed E-state index contributed by atoms with van der Waals surface area (Å²) in [6.45, 7) is 0.551. The largest absolute Gasteiger partial charge is 0.282 e. The zero-order chi connectivity index (χ0) is 12.5. The summed E-state index contributed by atoms with van der Waals surface area (Å²) in [6, 6.07) is 1.61. The van der Waals surface area contributed by atoms with E-state index >= 15 is 0 Å². The van der Waals surface area contributed by atoms with E-state index in [-0.39, 0.29) is 6.04 Å². The molecule has 17 heavy (non-hydrogen) atoms. The van der Waals surface area contributed by atoms with Crippen LogP contribution in [0.2, 0.25) is 0 Å². The Bertz CT molecular complexity index is 474. The average molecular weight is 256 g/mol. The smallest absolute Gasteiger partial charge is 0.245 e. The van der Waals surface area contributed by atoms with Crippen molar-refractivity contribution in [2.24, 2.45) is 0 Å². The zero-order valence-electron chi connectivity index (χ0n) is 9.94. The summed E-state index contributed by atoms with van der Waals surface area (Å²) in [5, 5.41) is 0. The second-order valence-electron chi connectivity index (χ2n) is 4.19. The predicted octanol–water partition coefficient (Wildman–Crippen LogP) is 0.420. The van der Waals surface area contributed by atoms with Gasteiger partial charge < -0.3 is 0 Å². The molecule has 7 heteroatoms. The standard InChI is InChI=1S/C10H16N4O2S/c1-13(2)17(15,16)14-7-3-4-10(14)9-5-6-11-8-12-9/h5-6,8,10H,3-4,7H2,1-2H3/t10-/m0/s1. The third-order valence-electron chi connectivity index (χ3n) is 2.91. The van der Waals surface area contributed by atoms with Gasteiger partial charge >= 0.3 is 0 Å². The van der Waals surface area contributed by atoms with Crippen molar-refractivity contribution in [3.63, 3.8) is 0 Å². The van der Waals surface area contributed by atoms with Gasteiger partial charge in [-0.15, -0.1) is 0 Å². The van der Waals surface area contributed by atoms with Crippen LogP contribution < -0.4 is 0 Å². The maximum absolute atomic E-state index is 12.1. The second-order valence-corrected chi connectivity index (χ2v) is 6.29. The third-order valence-corrected chi connectivity index (χ3v) is 4.86. The molecule has 0 amide bonds. The first-order chi connectivity index (χ1) is 8.03. The third kappa shape index (κ3) is 2.31. The van der Waals surface area contributed by atoms with E-state index in [1.54, 1.807) is 26.4 Å². The molecule has 1 atom stereocenters. The van der Waals surface area contributed by atoms with Gasteiger partial charge in [0.15, 0.2) is 0 Å². The minimum atomic E-state index is -3.37. The molecule has 0 radical (unpaired) electrons. The quantitative estimate of drug-likeness (QED) is 0.786. The fraction of sp³-hybridized carbons (Fsp3) is 0.600. The van der Waals surface area contributed by atoms with E-state index in [4.69, 9.17) is 0 Å². The molecule has 0 saturated carbocycles.